The van der Waals surface area contributed by atoms with Crippen molar-refractivity contribution in [2.24, 2.45) is 5.92 Å². The number of hydrogen-bond donors (Lipinski definition) is 2. The second-order valence-electron chi connectivity index (χ2n) is 4.48. The second kappa shape index (κ2) is 7.37. The first-order chi connectivity index (χ1) is 8.04. The first kappa shape index (κ1) is 15.0. The highest BCUT2D eigenvalue weighted by Crippen LogP contribution is 2.21. The molecule has 96 valence electrons. The summed E-state index contributed by atoms with van der Waals surface area (Å²) in [4.78, 5) is 0. The highest BCUT2D eigenvalue weighted by atomic mass is 79.9. The summed E-state index contributed by atoms with van der Waals surface area (Å²) in [5, 5.41) is 13.2. The van der Waals surface area contributed by atoms with Gasteiger partial charge in [-0.15, -0.1) is 0 Å². The Morgan fingerprint density at radius 3 is 2.65 bits per heavy atom. The lowest BCUT2D eigenvalue weighted by molar-refractivity contribution is 0.244. The second-order valence-corrected chi connectivity index (χ2v) is 5.80. The number of rotatable bonds is 6. The molecule has 1 unspecified atom stereocenters. The van der Waals surface area contributed by atoms with Crippen LogP contribution >= 0.6 is 27.5 Å². The zero-order valence-electron chi connectivity index (χ0n) is 10.2. The topological polar surface area (TPSA) is 32.3 Å². The van der Waals surface area contributed by atoms with Gasteiger partial charge in [0, 0.05) is 28.7 Å². The maximum absolute atomic E-state index is 9.00. The van der Waals surface area contributed by atoms with E-state index >= 15 is 0 Å². The molecule has 0 amide bonds. The molecule has 17 heavy (non-hydrogen) atoms. The van der Waals surface area contributed by atoms with Gasteiger partial charge in [-0.2, -0.15) is 0 Å². The number of halogens is 2. The molecule has 0 aromatic heterocycles. The van der Waals surface area contributed by atoms with Crippen molar-refractivity contribution in [2.45, 2.75) is 32.9 Å². The smallest absolute Gasteiger partial charge is 0.0462 e. The largest absolute Gasteiger partial charge is 0.396 e. The van der Waals surface area contributed by atoms with Gasteiger partial charge in [0.25, 0.3) is 0 Å². The molecular formula is C13H19BrClNO. The predicted molar refractivity (Wildman–Crippen MR) is 76.3 cm³/mol. The van der Waals surface area contributed by atoms with E-state index in [1.165, 1.54) is 0 Å². The molecule has 0 bridgehead atoms. The van der Waals surface area contributed by atoms with Gasteiger partial charge in [0.15, 0.2) is 0 Å². The number of hydrogen-bond acceptors (Lipinski definition) is 2. The van der Waals surface area contributed by atoms with Crippen molar-refractivity contribution in [1.82, 2.24) is 5.32 Å². The fraction of sp³-hybridized carbons (Fsp3) is 0.538. The fourth-order valence-electron chi connectivity index (χ4n) is 1.72. The molecule has 0 saturated carbocycles. The van der Waals surface area contributed by atoms with E-state index in [9.17, 15) is 0 Å². The molecule has 0 saturated heterocycles. The molecule has 0 aliphatic heterocycles. The van der Waals surface area contributed by atoms with E-state index < -0.39 is 0 Å². The standard InChI is InChI=1S/C13H19BrClNO/c1-9(2)13(5-6-17)16-8-10-3-4-11(14)7-12(10)15/h3-4,7,9,13,16-17H,5-6,8H2,1-2H3. The van der Waals surface area contributed by atoms with Crippen LogP contribution in [-0.4, -0.2) is 17.8 Å². The van der Waals surface area contributed by atoms with Crippen molar-refractivity contribution in [3.8, 4) is 0 Å². The molecule has 0 heterocycles. The van der Waals surface area contributed by atoms with Gasteiger partial charge in [0.05, 0.1) is 0 Å². The van der Waals surface area contributed by atoms with Crippen molar-refractivity contribution in [3.63, 3.8) is 0 Å². The number of benzene rings is 1. The predicted octanol–water partition coefficient (Wildman–Crippen LogP) is 3.60. The summed E-state index contributed by atoms with van der Waals surface area (Å²) >= 11 is 9.54. The molecule has 2 nitrogen and oxygen atoms in total. The Kier molecular flexibility index (Phi) is 6.49. The van der Waals surface area contributed by atoms with Crippen LogP contribution in [0.5, 0.6) is 0 Å². The van der Waals surface area contributed by atoms with Crippen molar-refractivity contribution < 1.29 is 5.11 Å². The van der Waals surface area contributed by atoms with Gasteiger partial charge < -0.3 is 10.4 Å². The fourth-order valence-corrected chi connectivity index (χ4v) is 2.46. The minimum absolute atomic E-state index is 0.212. The summed E-state index contributed by atoms with van der Waals surface area (Å²) < 4.78 is 0.988. The number of aliphatic hydroxyl groups excluding tert-OH is 1. The first-order valence-corrected chi connectivity index (χ1v) is 7.00. The SMILES string of the molecule is CC(C)C(CCO)NCc1ccc(Br)cc1Cl. The summed E-state index contributed by atoms with van der Waals surface area (Å²) in [6.07, 6.45) is 0.770. The molecule has 0 aliphatic rings. The summed E-state index contributed by atoms with van der Waals surface area (Å²) in [6, 6.07) is 6.21. The molecule has 1 atom stereocenters. The number of aliphatic hydroxyl groups is 1. The molecule has 0 spiro atoms. The van der Waals surface area contributed by atoms with Crippen LogP contribution in [0.2, 0.25) is 5.02 Å². The first-order valence-electron chi connectivity index (χ1n) is 5.82. The zero-order chi connectivity index (χ0) is 12.8. The molecule has 2 N–H and O–H groups in total. The van der Waals surface area contributed by atoms with Crippen LogP contribution in [0.25, 0.3) is 0 Å². The summed E-state index contributed by atoms with van der Waals surface area (Å²) in [6.45, 7) is 5.24. The van der Waals surface area contributed by atoms with E-state index in [-0.39, 0.29) is 6.61 Å². The quantitative estimate of drug-likeness (QED) is 0.839. The van der Waals surface area contributed by atoms with Gasteiger partial charge in [-0.1, -0.05) is 47.4 Å². The van der Waals surface area contributed by atoms with Crippen LogP contribution in [-0.2, 0) is 6.54 Å². The summed E-state index contributed by atoms with van der Waals surface area (Å²) in [7, 11) is 0. The molecule has 1 aromatic carbocycles. The van der Waals surface area contributed by atoms with Crippen LogP contribution in [0.1, 0.15) is 25.8 Å². The average Bonchev–Trinajstić information content (AvgIpc) is 2.25. The van der Waals surface area contributed by atoms with Crippen LogP contribution < -0.4 is 5.32 Å². The van der Waals surface area contributed by atoms with E-state index in [4.69, 9.17) is 16.7 Å². The van der Waals surface area contributed by atoms with Gasteiger partial charge in [0.1, 0.15) is 0 Å². The maximum Gasteiger partial charge on any atom is 0.0462 e. The lowest BCUT2D eigenvalue weighted by Crippen LogP contribution is -2.34. The van der Waals surface area contributed by atoms with Gasteiger partial charge in [-0.05, 0) is 30.0 Å². The van der Waals surface area contributed by atoms with E-state index in [1.54, 1.807) is 0 Å². The summed E-state index contributed by atoms with van der Waals surface area (Å²) in [5.41, 5.74) is 1.08. The Balaban J connectivity index is 2.59. The molecule has 1 rings (SSSR count). The highest BCUT2D eigenvalue weighted by molar-refractivity contribution is 9.10. The van der Waals surface area contributed by atoms with Crippen molar-refractivity contribution in [1.29, 1.82) is 0 Å². The third-order valence-corrected chi connectivity index (χ3v) is 3.66. The van der Waals surface area contributed by atoms with E-state index in [2.05, 4.69) is 35.1 Å². The Hall–Kier alpha value is -0.0900. The van der Waals surface area contributed by atoms with Crippen molar-refractivity contribution in [2.75, 3.05) is 6.61 Å². The van der Waals surface area contributed by atoms with Gasteiger partial charge in [-0.3, -0.25) is 0 Å². The Morgan fingerprint density at radius 1 is 1.41 bits per heavy atom. The maximum atomic E-state index is 9.00. The van der Waals surface area contributed by atoms with Crippen LogP contribution in [0.3, 0.4) is 0 Å². The summed E-state index contributed by atoms with van der Waals surface area (Å²) in [5.74, 6) is 0.497. The number of nitrogens with one attached hydrogen (secondary N) is 1. The molecular weight excluding hydrogens is 302 g/mol. The van der Waals surface area contributed by atoms with Crippen molar-refractivity contribution in [3.05, 3.63) is 33.3 Å². The Morgan fingerprint density at radius 2 is 2.12 bits per heavy atom. The molecule has 1 aromatic rings. The highest BCUT2D eigenvalue weighted by Gasteiger charge is 2.12. The van der Waals surface area contributed by atoms with E-state index in [0.717, 1.165) is 28.0 Å². The van der Waals surface area contributed by atoms with Gasteiger partial charge in [0.2, 0.25) is 0 Å². The van der Waals surface area contributed by atoms with Crippen LogP contribution in [0.4, 0.5) is 0 Å². The monoisotopic (exact) mass is 319 g/mol. The molecule has 0 radical (unpaired) electrons. The van der Waals surface area contributed by atoms with Gasteiger partial charge in [-0.25, -0.2) is 0 Å². The Bertz CT molecular complexity index is 357. The van der Waals surface area contributed by atoms with Crippen LogP contribution in [0, 0.1) is 5.92 Å². The normalized spacial score (nSPS) is 13.1. The molecule has 0 aliphatic carbocycles. The third-order valence-electron chi connectivity index (χ3n) is 2.81. The zero-order valence-corrected chi connectivity index (χ0v) is 12.6. The van der Waals surface area contributed by atoms with Gasteiger partial charge >= 0.3 is 0 Å². The Labute approximate surface area is 117 Å². The lowest BCUT2D eigenvalue weighted by Gasteiger charge is -2.22. The molecule has 4 heteroatoms. The van der Waals surface area contributed by atoms with E-state index in [0.29, 0.717) is 12.0 Å². The third kappa shape index (κ3) is 4.96. The van der Waals surface area contributed by atoms with E-state index in [1.807, 2.05) is 18.2 Å². The lowest BCUT2D eigenvalue weighted by atomic mass is 10.0. The van der Waals surface area contributed by atoms with Crippen LogP contribution in [0.15, 0.2) is 22.7 Å². The van der Waals surface area contributed by atoms with Crippen molar-refractivity contribution >= 4 is 27.5 Å². The minimum Gasteiger partial charge on any atom is -0.396 e. The molecule has 0 fully saturated rings. The minimum atomic E-state index is 0.212. The average molecular weight is 321 g/mol.